The highest BCUT2D eigenvalue weighted by atomic mass is 19.2. The molecule has 18 heavy (non-hydrogen) atoms. The van der Waals surface area contributed by atoms with E-state index in [2.05, 4.69) is 0 Å². The molecule has 96 valence electrons. The number of Topliss-reactive ketones (excluding diaryl/α,β-unsaturated/α-hetero) is 1. The molecular weight excluding hydrogens is 249 g/mol. The molecule has 0 aliphatic heterocycles. The molecule has 0 amide bonds. The van der Waals surface area contributed by atoms with E-state index in [0.29, 0.717) is 6.07 Å². The molecule has 0 atom stereocenters. The Kier molecular flexibility index (Phi) is 4.25. The van der Waals surface area contributed by atoms with E-state index in [1.165, 1.54) is 0 Å². The SMILES string of the molecule is CCC=C(C(=O)O)C(=O)c1cc(F)c(F)cc1F. The van der Waals surface area contributed by atoms with Crippen LogP contribution in [-0.2, 0) is 4.79 Å². The topological polar surface area (TPSA) is 54.4 Å². The van der Waals surface area contributed by atoms with Gasteiger partial charge < -0.3 is 5.11 Å². The zero-order valence-corrected chi connectivity index (χ0v) is 9.34. The lowest BCUT2D eigenvalue weighted by atomic mass is 10.0. The van der Waals surface area contributed by atoms with E-state index in [0.717, 1.165) is 6.08 Å². The minimum atomic E-state index is -1.55. The summed E-state index contributed by atoms with van der Waals surface area (Å²) in [5, 5.41) is 8.77. The third-order valence-electron chi connectivity index (χ3n) is 2.14. The highest BCUT2D eigenvalue weighted by molar-refractivity contribution is 6.23. The van der Waals surface area contributed by atoms with Crippen LogP contribution in [0.1, 0.15) is 23.7 Å². The van der Waals surface area contributed by atoms with Crippen LogP contribution in [0.25, 0.3) is 0 Å². The molecule has 0 aliphatic carbocycles. The summed E-state index contributed by atoms with van der Waals surface area (Å²) in [4.78, 5) is 22.5. The van der Waals surface area contributed by atoms with Crippen molar-refractivity contribution in [2.75, 3.05) is 0 Å². The summed E-state index contributed by atoms with van der Waals surface area (Å²) in [5.74, 6) is -6.91. The number of aliphatic carboxylic acids is 1. The first-order valence-electron chi connectivity index (χ1n) is 5.01. The molecule has 1 N–H and O–H groups in total. The second-order valence-electron chi connectivity index (χ2n) is 3.41. The molecule has 0 saturated heterocycles. The van der Waals surface area contributed by atoms with E-state index in [4.69, 9.17) is 5.11 Å². The van der Waals surface area contributed by atoms with Gasteiger partial charge in [0.05, 0.1) is 5.56 Å². The molecular formula is C12H9F3O3. The zero-order chi connectivity index (χ0) is 13.9. The maximum absolute atomic E-state index is 13.3. The molecule has 0 heterocycles. The van der Waals surface area contributed by atoms with Crippen molar-refractivity contribution in [3.8, 4) is 0 Å². The van der Waals surface area contributed by atoms with Gasteiger partial charge in [0.15, 0.2) is 11.6 Å². The maximum Gasteiger partial charge on any atom is 0.339 e. The van der Waals surface area contributed by atoms with Crippen molar-refractivity contribution < 1.29 is 27.9 Å². The Morgan fingerprint density at radius 3 is 2.22 bits per heavy atom. The number of carbonyl (C=O) groups excluding carboxylic acids is 1. The van der Waals surface area contributed by atoms with Gasteiger partial charge in [-0.15, -0.1) is 0 Å². The number of hydrogen-bond donors (Lipinski definition) is 1. The monoisotopic (exact) mass is 258 g/mol. The fourth-order valence-electron chi connectivity index (χ4n) is 1.32. The van der Waals surface area contributed by atoms with Crippen molar-refractivity contribution in [2.45, 2.75) is 13.3 Å². The van der Waals surface area contributed by atoms with Crippen molar-refractivity contribution in [1.82, 2.24) is 0 Å². The van der Waals surface area contributed by atoms with Crippen LogP contribution >= 0.6 is 0 Å². The largest absolute Gasteiger partial charge is 0.478 e. The van der Waals surface area contributed by atoms with Gasteiger partial charge >= 0.3 is 5.97 Å². The molecule has 0 spiro atoms. The Bertz CT molecular complexity index is 536. The van der Waals surface area contributed by atoms with E-state index >= 15 is 0 Å². The minimum absolute atomic E-state index is 0.202. The highest BCUT2D eigenvalue weighted by Crippen LogP contribution is 2.17. The van der Waals surface area contributed by atoms with Crippen LogP contribution in [0.5, 0.6) is 0 Å². The van der Waals surface area contributed by atoms with Gasteiger partial charge in [0.25, 0.3) is 0 Å². The lowest BCUT2D eigenvalue weighted by Gasteiger charge is -2.04. The zero-order valence-electron chi connectivity index (χ0n) is 9.34. The normalized spacial score (nSPS) is 11.4. The fourth-order valence-corrected chi connectivity index (χ4v) is 1.32. The molecule has 0 aromatic heterocycles. The van der Waals surface area contributed by atoms with Crippen LogP contribution in [0, 0.1) is 17.5 Å². The molecule has 0 aliphatic rings. The second kappa shape index (κ2) is 5.48. The van der Waals surface area contributed by atoms with Crippen LogP contribution in [-0.4, -0.2) is 16.9 Å². The average Bonchev–Trinajstić information content (AvgIpc) is 2.29. The first kappa shape index (κ1) is 14.0. The van der Waals surface area contributed by atoms with Gasteiger partial charge in [0.1, 0.15) is 11.4 Å². The Balaban J connectivity index is 3.30. The number of carbonyl (C=O) groups is 2. The van der Waals surface area contributed by atoms with Crippen molar-refractivity contribution >= 4 is 11.8 Å². The number of hydrogen-bond acceptors (Lipinski definition) is 2. The Labute approximate surface area is 101 Å². The second-order valence-corrected chi connectivity index (χ2v) is 3.41. The van der Waals surface area contributed by atoms with Gasteiger partial charge in [-0.3, -0.25) is 4.79 Å². The molecule has 0 unspecified atom stereocenters. The lowest BCUT2D eigenvalue weighted by Crippen LogP contribution is -2.14. The van der Waals surface area contributed by atoms with Crippen molar-refractivity contribution in [3.63, 3.8) is 0 Å². The number of carboxylic acids is 1. The van der Waals surface area contributed by atoms with Gasteiger partial charge in [-0.1, -0.05) is 13.0 Å². The molecule has 3 nitrogen and oxygen atoms in total. The molecule has 1 aromatic carbocycles. The van der Waals surface area contributed by atoms with E-state index in [1.54, 1.807) is 6.92 Å². The highest BCUT2D eigenvalue weighted by Gasteiger charge is 2.23. The first-order valence-corrected chi connectivity index (χ1v) is 5.01. The summed E-state index contributed by atoms with van der Waals surface area (Å²) in [6.07, 6.45) is 1.31. The number of allylic oxidation sites excluding steroid dienone is 1. The van der Waals surface area contributed by atoms with Crippen LogP contribution in [0.15, 0.2) is 23.8 Å². The van der Waals surface area contributed by atoms with Crippen LogP contribution in [0.3, 0.4) is 0 Å². The smallest absolute Gasteiger partial charge is 0.339 e. The van der Waals surface area contributed by atoms with Gasteiger partial charge in [-0.2, -0.15) is 0 Å². The summed E-state index contributed by atoms with van der Waals surface area (Å²) in [7, 11) is 0. The van der Waals surface area contributed by atoms with Crippen LogP contribution < -0.4 is 0 Å². The van der Waals surface area contributed by atoms with Gasteiger partial charge in [-0.05, 0) is 12.5 Å². The van der Waals surface area contributed by atoms with Gasteiger partial charge in [0, 0.05) is 6.07 Å². The third kappa shape index (κ3) is 2.77. The molecule has 1 rings (SSSR count). The van der Waals surface area contributed by atoms with Crippen molar-refractivity contribution in [1.29, 1.82) is 0 Å². The number of ketones is 1. The minimum Gasteiger partial charge on any atom is -0.478 e. The van der Waals surface area contributed by atoms with Crippen LogP contribution in [0.4, 0.5) is 13.2 Å². The number of carboxylic acid groups (broad SMARTS) is 1. The maximum atomic E-state index is 13.3. The van der Waals surface area contributed by atoms with E-state index in [1.807, 2.05) is 0 Å². The van der Waals surface area contributed by atoms with Gasteiger partial charge in [0.2, 0.25) is 5.78 Å². The summed E-state index contributed by atoms with van der Waals surface area (Å²) >= 11 is 0. The Morgan fingerprint density at radius 1 is 1.17 bits per heavy atom. The molecule has 0 radical (unpaired) electrons. The van der Waals surface area contributed by atoms with Crippen molar-refractivity contribution in [3.05, 3.63) is 46.8 Å². The van der Waals surface area contributed by atoms with Crippen molar-refractivity contribution in [2.24, 2.45) is 0 Å². The Morgan fingerprint density at radius 2 is 1.72 bits per heavy atom. The fraction of sp³-hybridized carbons (Fsp3) is 0.167. The van der Waals surface area contributed by atoms with E-state index < -0.39 is 40.3 Å². The standard InChI is InChI=1S/C12H9F3O3/c1-2-3-6(12(17)18)11(16)7-4-9(14)10(15)5-8(7)13/h3-5H,2H2,1H3,(H,17,18). The molecule has 0 saturated carbocycles. The summed E-state index contributed by atoms with van der Waals surface area (Å²) < 4.78 is 38.9. The predicted molar refractivity (Wildman–Crippen MR) is 56.7 cm³/mol. The molecule has 0 bridgehead atoms. The lowest BCUT2D eigenvalue weighted by molar-refractivity contribution is -0.132. The van der Waals surface area contributed by atoms with Crippen LogP contribution in [0.2, 0.25) is 0 Å². The summed E-state index contributed by atoms with van der Waals surface area (Å²) in [6, 6.07) is 0.549. The van der Waals surface area contributed by atoms with Gasteiger partial charge in [-0.25, -0.2) is 18.0 Å². The van der Waals surface area contributed by atoms with E-state index in [-0.39, 0.29) is 12.5 Å². The summed E-state index contributed by atoms with van der Waals surface area (Å²) in [5.41, 5.74) is -1.49. The molecule has 1 aromatic rings. The first-order chi connectivity index (χ1) is 8.38. The van der Waals surface area contributed by atoms with E-state index in [9.17, 15) is 22.8 Å². The third-order valence-corrected chi connectivity index (χ3v) is 2.14. The average molecular weight is 258 g/mol. The predicted octanol–water partition coefficient (Wildman–Crippen LogP) is 2.71. The summed E-state index contributed by atoms with van der Waals surface area (Å²) in [6.45, 7) is 1.58. The molecule has 0 fully saturated rings. The number of halogens is 3. The number of benzene rings is 1. The Hall–Kier alpha value is -2.11. The molecule has 6 heteroatoms. The quantitative estimate of drug-likeness (QED) is 0.297. The number of rotatable bonds is 4.